The van der Waals surface area contributed by atoms with Crippen molar-refractivity contribution in [3.63, 3.8) is 0 Å². The Hall–Kier alpha value is 0.01000. The fourth-order valence-electron chi connectivity index (χ4n) is 1.38. The summed E-state index contributed by atoms with van der Waals surface area (Å²) >= 11 is 6.03. The van der Waals surface area contributed by atoms with Gasteiger partial charge < -0.3 is 10.6 Å². The van der Waals surface area contributed by atoms with Gasteiger partial charge in [-0.05, 0) is 37.7 Å². The standard InChI is InChI=1S/C12H19ClN2.2ClH/c1-2-14-8-5-9-15-10-11-6-3-4-7-12(11)13;;/h3-4,6-7,14-15H,2,5,8-10H2,1H3;2*1H. The molecule has 2 N–H and O–H groups in total. The van der Waals surface area contributed by atoms with Crippen LogP contribution in [-0.2, 0) is 6.54 Å². The third-order valence-electron chi connectivity index (χ3n) is 2.23. The van der Waals surface area contributed by atoms with Gasteiger partial charge in [-0.2, -0.15) is 0 Å². The number of hydrogen-bond acceptors (Lipinski definition) is 2. The smallest absolute Gasteiger partial charge is 0.0450 e. The molecule has 0 aromatic heterocycles. The maximum Gasteiger partial charge on any atom is 0.0450 e. The number of hydrogen-bond donors (Lipinski definition) is 2. The first-order chi connectivity index (χ1) is 7.34. The highest BCUT2D eigenvalue weighted by Gasteiger charge is 1.96. The van der Waals surface area contributed by atoms with E-state index >= 15 is 0 Å². The molecule has 0 fully saturated rings. The lowest BCUT2D eigenvalue weighted by molar-refractivity contribution is 0.606. The van der Waals surface area contributed by atoms with Gasteiger partial charge in [0.15, 0.2) is 0 Å². The molecule has 0 bridgehead atoms. The second kappa shape index (κ2) is 12.5. The summed E-state index contributed by atoms with van der Waals surface area (Å²) in [5.41, 5.74) is 1.17. The van der Waals surface area contributed by atoms with E-state index in [4.69, 9.17) is 11.6 Å². The molecule has 0 saturated carbocycles. The molecule has 0 unspecified atom stereocenters. The number of benzene rings is 1. The van der Waals surface area contributed by atoms with Crippen molar-refractivity contribution in [1.29, 1.82) is 0 Å². The molecule has 0 aliphatic carbocycles. The first-order valence-electron chi connectivity index (χ1n) is 5.49. The van der Waals surface area contributed by atoms with Crippen LogP contribution in [0.2, 0.25) is 5.02 Å². The minimum absolute atomic E-state index is 0. The molecule has 0 atom stereocenters. The zero-order chi connectivity index (χ0) is 10.9. The van der Waals surface area contributed by atoms with Crippen LogP contribution in [0.15, 0.2) is 24.3 Å². The Balaban J connectivity index is 0. The van der Waals surface area contributed by atoms with Gasteiger partial charge >= 0.3 is 0 Å². The highest BCUT2D eigenvalue weighted by atomic mass is 35.5. The second-order valence-electron chi connectivity index (χ2n) is 3.48. The van der Waals surface area contributed by atoms with Gasteiger partial charge in [-0.15, -0.1) is 24.8 Å². The lowest BCUT2D eigenvalue weighted by Crippen LogP contribution is -2.21. The maximum absolute atomic E-state index is 6.03. The molecule has 100 valence electrons. The van der Waals surface area contributed by atoms with Crippen molar-refractivity contribution in [2.75, 3.05) is 19.6 Å². The zero-order valence-electron chi connectivity index (χ0n) is 10.0. The third-order valence-corrected chi connectivity index (χ3v) is 2.60. The predicted octanol–water partition coefficient (Wildman–Crippen LogP) is 3.27. The monoisotopic (exact) mass is 298 g/mol. The highest BCUT2D eigenvalue weighted by molar-refractivity contribution is 6.31. The summed E-state index contributed by atoms with van der Waals surface area (Å²) in [5.74, 6) is 0. The molecule has 2 nitrogen and oxygen atoms in total. The average molecular weight is 300 g/mol. The van der Waals surface area contributed by atoms with Crippen LogP contribution in [0.1, 0.15) is 18.9 Å². The summed E-state index contributed by atoms with van der Waals surface area (Å²) < 4.78 is 0. The summed E-state index contributed by atoms with van der Waals surface area (Å²) in [6.07, 6.45) is 1.15. The van der Waals surface area contributed by atoms with Crippen molar-refractivity contribution in [3.05, 3.63) is 34.9 Å². The van der Waals surface area contributed by atoms with Crippen LogP contribution in [0.4, 0.5) is 0 Å². The third kappa shape index (κ3) is 8.70. The fraction of sp³-hybridized carbons (Fsp3) is 0.500. The van der Waals surface area contributed by atoms with E-state index in [1.165, 1.54) is 5.56 Å². The normalized spacial score (nSPS) is 9.29. The number of rotatable bonds is 7. The van der Waals surface area contributed by atoms with Gasteiger partial charge in [0, 0.05) is 11.6 Å². The van der Waals surface area contributed by atoms with Crippen LogP contribution in [-0.4, -0.2) is 19.6 Å². The van der Waals surface area contributed by atoms with Crippen molar-refractivity contribution in [3.8, 4) is 0 Å². The molecule has 0 radical (unpaired) electrons. The van der Waals surface area contributed by atoms with Crippen molar-refractivity contribution in [2.24, 2.45) is 0 Å². The topological polar surface area (TPSA) is 24.1 Å². The van der Waals surface area contributed by atoms with Crippen LogP contribution in [0.25, 0.3) is 0 Å². The zero-order valence-corrected chi connectivity index (χ0v) is 12.4. The maximum atomic E-state index is 6.03. The van der Waals surface area contributed by atoms with Crippen LogP contribution < -0.4 is 10.6 Å². The molecule has 0 amide bonds. The molecule has 1 rings (SSSR count). The largest absolute Gasteiger partial charge is 0.317 e. The molecular weight excluding hydrogens is 279 g/mol. The van der Waals surface area contributed by atoms with E-state index in [9.17, 15) is 0 Å². The Labute approximate surface area is 121 Å². The molecule has 1 aromatic carbocycles. The summed E-state index contributed by atoms with van der Waals surface area (Å²) in [6, 6.07) is 7.95. The summed E-state index contributed by atoms with van der Waals surface area (Å²) in [6.45, 7) is 6.12. The number of nitrogens with one attached hydrogen (secondary N) is 2. The lowest BCUT2D eigenvalue weighted by atomic mass is 10.2. The molecule has 1 aromatic rings. The van der Waals surface area contributed by atoms with Gasteiger partial charge in [-0.1, -0.05) is 36.7 Å². The summed E-state index contributed by atoms with van der Waals surface area (Å²) in [5, 5.41) is 7.51. The van der Waals surface area contributed by atoms with E-state index in [-0.39, 0.29) is 24.8 Å². The van der Waals surface area contributed by atoms with E-state index in [1.54, 1.807) is 0 Å². The molecule has 0 aliphatic rings. The molecular formula is C12H21Cl3N2. The van der Waals surface area contributed by atoms with Gasteiger partial charge in [0.1, 0.15) is 0 Å². The Kier molecular flexibility index (Phi) is 14.2. The fourth-order valence-corrected chi connectivity index (χ4v) is 1.58. The van der Waals surface area contributed by atoms with E-state index < -0.39 is 0 Å². The Morgan fingerprint density at radius 3 is 2.35 bits per heavy atom. The Morgan fingerprint density at radius 2 is 1.71 bits per heavy atom. The van der Waals surface area contributed by atoms with E-state index in [0.29, 0.717) is 0 Å². The van der Waals surface area contributed by atoms with Crippen LogP contribution >= 0.6 is 36.4 Å². The molecule has 0 saturated heterocycles. The Morgan fingerprint density at radius 1 is 1.06 bits per heavy atom. The van der Waals surface area contributed by atoms with Crippen LogP contribution in [0.5, 0.6) is 0 Å². The average Bonchev–Trinajstić information content (AvgIpc) is 2.25. The predicted molar refractivity (Wildman–Crippen MR) is 80.8 cm³/mol. The lowest BCUT2D eigenvalue weighted by Gasteiger charge is -2.06. The Bertz CT molecular complexity index is 282. The molecule has 0 heterocycles. The van der Waals surface area contributed by atoms with Crippen LogP contribution in [0, 0.1) is 0 Å². The van der Waals surface area contributed by atoms with Gasteiger partial charge in [0.05, 0.1) is 0 Å². The molecule has 0 spiro atoms. The van der Waals surface area contributed by atoms with Gasteiger partial charge in [-0.3, -0.25) is 0 Å². The molecule has 0 aliphatic heterocycles. The molecule has 17 heavy (non-hydrogen) atoms. The van der Waals surface area contributed by atoms with E-state index in [1.807, 2.05) is 18.2 Å². The van der Waals surface area contributed by atoms with E-state index in [0.717, 1.165) is 37.6 Å². The highest BCUT2D eigenvalue weighted by Crippen LogP contribution is 2.13. The summed E-state index contributed by atoms with van der Waals surface area (Å²) in [4.78, 5) is 0. The van der Waals surface area contributed by atoms with Gasteiger partial charge in [-0.25, -0.2) is 0 Å². The van der Waals surface area contributed by atoms with Crippen LogP contribution in [0.3, 0.4) is 0 Å². The first kappa shape index (κ1) is 19.4. The van der Waals surface area contributed by atoms with Gasteiger partial charge in [0.25, 0.3) is 0 Å². The minimum atomic E-state index is 0. The van der Waals surface area contributed by atoms with Crippen molar-refractivity contribution in [1.82, 2.24) is 10.6 Å². The van der Waals surface area contributed by atoms with Gasteiger partial charge in [0.2, 0.25) is 0 Å². The molecule has 5 heteroatoms. The minimum Gasteiger partial charge on any atom is -0.317 e. The SMILES string of the molecule is CCNCCCNCc1ccccc1Cl.Cl.Cl. The van der Waals surface area contributed by atoms with Crippen molar-refractivity contribution < 1.29 is 0 Å². The number of halogens is 3. The van der Waals surface area contributed by atoms with Crippen molar-refractivity contribution >= 4 is 36.4 Å². The second-order valence-corrected chi connectivity index (χ2v) is 3.88. The first-order valence-corrected chi connectivity index (χ1v) is 5.87. The van der Waals surface area contributed by atoms with E-state index in [2.05, 4.69) is 23.6 Å². The quantitative estimate of drug-likeness (QED) is 0.755. The summed E-state index contributed by atoms with van der Waals surface area (Å²) in [7, 11) is 0. The van der Waals surface area contributed by atoms with Crippen molar-refractivity contribution in [2.45, 2.75) is 19.9 Å².